The molecule has 2 aromatic rings. The van der Waals surface area contributed by atoms with E-state index in [0.717, 1.165) is 49.5 Å². The van der Waals surface area contributed by atoms with Crippen LogP contribution in [0, 0.1) is 6.92 Å². The molecular formula is C20H27N3O2. The van der Waals surface area contributed by atoms with Crippen LogP contribution >= 0.6 is 0 Å². The van der Waals surface area contributed by atoms with Crippen molar-refractivity contribution in [3.63, 3.8) is 0 Å². The highest BCUT2D eigenvalue weighted by Crippen LogP contribution is 2.22. The second-order valence-electron chi connectivity index (χ2n) is 6.73. The molecular weight excluding hydrogens is 314 g/mol. The summed E-state index contributed by atoms with van der Waals surface area (Å²) in [7, 11) is 1.92. The fraction of sp³-hybridized carbons (Fsp3) is 0.500. The number of carbonyl (C=O) groups excluding carboxylic acids is 1. The van der Waals surface area contributed by atoms with Gasteiger partial charge in [-0.05, 0) is 38.4 Å². The number of aryl methyl sites for hydroxylation is 1. The number of hydrogen-bond acceptors (Lipinski definition) is 4. The van der Waals surface area contributed by atoms with E-state index in [9.17, 15) is 4.79 Å². The van der Waals surface area contributed by atoms with Gasteiger partial charge >= 0.3 is 0 Å². The first kappa shape index (κ1) is 17.7. The number of hydrogen-bond donors (Lipinski definition) is 0. The Balaban J connectivity index is 1.64. The van der Waals surface area contributed by atoms with Crippen molar-refractivity contribution in [2.45, 2.75) is 39.2 Å². The van der Waals surface area contributed by atoms with E-state index in [1.54, 1.807) is 0 Å². The minimum Gasteiger partial charge on any atom is -0.441 e. The summed E-state index contributed by atoms with van der Waals surface area (Å²) in [6.45, 7) is 7.29. The van der Waals surface area contributed by atoms with Gasteiger partial charge in [0, 0.05) is 31.7 Å². The maximum Gasteiger partial charge on any atom is 0.228 e. The maximum absolute atomic E-state index is 12.7. The molecule has 0 radical (unpaired) electrons. The number of amides is 1. The molecule has 0 saturated carbocycles. The number of nitrogens with zero attached hydrogens (tertiary/aromatic N) is 3. The van der Waals surface area contributed by atoms with Crippen molar-refractivity contribution in [1.82, 2.24) is 14.8 Å². The van der Waals surface area contributed by atoms with Crippen LogP contribution in [0.5, 0.6) is 0 Å². The smallest absolute Gasteiger partial charge is 0.228 e. The topological polar surface area (TPSA) is 49.6 Å². The van der Waals surface area contributed by atoms with E-state index in [2.05, 4.69) is 16.8 Å². The predicted molar refractivity (Wildman–Crippen MR) is 98.3 cm³/mol. The third kappa shape index (κ3) is 4.10. The Hall–Kier alpha value is -2.14. The summed E-state index contributed by atoms with van der Waals surface area (Å²) in [6.07, 6.45) is 2.39. The number of piperidine rings is 1. The van der Waals surface area contributed by atoms with Crippen molar-refractivity contribution in [3.8, 4) is 11.5 Å². The lowest BCUT2D eigenvalue weighted by molar-refractivity contribution is -0.132. The van der Waals surface area contributed by atoms with Crippen molar-refractivity contribution >= 4 is 5.91 Å². The first-order chi connectivity index (χ1) is 12.1. The molecule has 1 aliphatic rings. The number of likely N-dealkylation sites (N-methyl/N-ethyl adjacent to an activating group) is 1. The third-order valence-corrected chi connectivity index (χ3v) is 5.18. The zero-order valence-electron chi connectivity index (χ0n) is 15.4. The summed E-state index contributed by atoms with van der Waals surface area (Å²) in [6, 6.07) is 10.1. The maximum atomic E-state index is 12.7. The SMILES string of the molecule is CCN1CCC(N(C)C(=O)Cc2nc(-c3ccccc3)oc2C)CC1. The van der Waals surface area contributed by atoms with Gasteiger partial charge in [0.1, 0.15) is 5.76 Å². The second kappa shape index (κ2) is 7.83. The Morgan fingerprint density at radius 2 is 1.96 bits per heavy atom. The van der Waals surface area contributed by atoms with E-state index in [-0.39, 0.29) is 5.91 Å². The van der Waals surface area contributed by atoms with Gasteiger partial charge in [-0.15, -0.1) is 0 Å². The van der Waals surface area contributed by atoms with E-state index in [4.69, 9.17) is 4.42 Å². The molecule has 3 rings (SSSR count). The van der Waals surface area contributed by atoms with Gasteiger partial charge in [0.25, 0.3) is 0 Å². The van der Waals surface area contributed by atoms with Gasteiger partial charge in [-0.25, -0.2) is 4.98 Å². The lowest BCUT2D eigenvalue weighted by Gasteiger charge is -2.36. The summed E-state index contributed by atoms with van der Waals surface area (Å²) in [5.74, 6) is 1.42. The van der Waals surface area contributed by atoms with Gasteiger partial charge in [0.05, 0.1) is 12.1 Å². The molecule has 25 heavy (non-hydrogen) atoms. The number of benzene rings is 1. The largest absolute Gasteiger partial charge is 0.441 e. The van der Waals surface area contributed by atoms with Crippen molar-refractivity contribution in [1.29, 1.82) is 0 Å². The monoisotopic (exact) mass is 341 g/mol. The summed E-state index contributed by atoms with van der Waals surface area (Å²) in [4.78, 5) is 21.6. The van der Waals surface area contributed by atoms with Crippen LogP contribution in [0.1, 0.15) is 31.2 Å². The van der Waals surface area contributed by atoms with Crippen molar-refractivity contribution in [2.24, 2.45) is 0 Å². The predicted octanol–water partition coefficient (Wildman–Crippen LogP) is 3.14. The van der Waals surface area contributed by atoms with Crippen LogP contribution in [0.3, 0.4) is 0 Å². The summed E-state index contributed by atoms with van der Waals surface area (Å²) in [5, 5.41) is 0. The Bertz CT molecular complexity index is 703. The van der Waals surface area contributed by atoms with Gasteiger partial charge in [-0.3, -0.25) is 4.79 Å². The molecule has 2 heterocycles. The van der Waals surface area contributed by atoms with Crippen LogP contribution in [0.4, 0.5) is 0 Å². The molecule has 0 atom stereocenters. The highest BCUT2D eigenvalue weighted by atomic mass is 16.4. The minimum atomic E-state index is 0.117. The summed E-state index contributed by atoms with van der Waals surface area (Å²) in [5.41, 5.74) is 1.67. The van der Waals surface area contributed by atoms with E-state index in [0.29, 0.717) is 18.4 Å². The first-order valence-corrected chi connectivity index (χ1v) is 9.08. The zero-order chi connectivity index (χ0) is 17.8. The molecule has 5 nitrogen and oxygen atoms in total. The molecule has 1 saturated heterocycles. The average molecular weight is 341 g/mol. The van der Waals surface area contributed by atoms with E-state index in [1.165, 1.54) is 0 Å². The van der Waals surface area contributed by atoms with E-state index >= 15 is 0 Å². The molecule has 0 unspecified atom stereocenters. The lowest BCUT2D eigenvalue weighted by atomic mass is 10.0. The molecule has 1 aromatic heterocycles. The molecule has 0 N–H and O–H groups in total. The number of likely N-dealkylation sites (tertiary alicyclic amines) is 1. The quantitative estimate of drug-likeness (QED) is 0.838. The van der Waals surface area contributed by atoms with E-state index in [1.807, 2.05) is 49.2 Å². The van der Waals surface area contributed by atoms with Crippen LogP contribution < -0.4 is 0 Å². The first-order valence-electron chi connectivity index (χ1n) is 9.08. The van der Waals surface area contributed by atoms with E-state index < -0.39 is 0 Å². The van der Waals surface area contributed by atoms with Gasteiger partial charge in [-0.2, -0.15) is 0 Å². The fourth-order valence-corrected chi connectivity index (χ4v) is 3.39. The zero-order valence-corrected chi connectivity index (χ0v) is 15.4. The second-order valence-corrected chi connectivity index (χ2v) is 6.73. The number of rotatable bonds is 5. The van der Waals surface area contributed by atoms with Crippen molar-refractivity contribution in [3.05, 3.63) is 41.8 Å². The fourth-order valence-electron chi connectivity index (χ4n) is 3.39. The highest BCUT2D eigenvalue weighted by Gasteiger charge is 2.26. The van der Waals surface area contributed by atoms with Gasteiger partial charge in [0.15, 0.2) is 0 Å². The Morgan fingerprint density at radius 1 is 1.28 bits per heavy atom. The Labute approximate surface area is 149 Å². The molecule has 0 bridgehead atoms. The number of aromatic nitrogens is 1. The van der Waals surface area contributed by atoms with Gasteiger partial charge in [-0.1, -0.05) is 25.1 Å². The summed E-state index contributed by atoms with van der Waals surface area (Å²) < 4.78 is 5.77. The van der Waals surface area contributed by atoms with Crippen LogP contribution in [-0.2, 0) is 11.2 Å². The third-order valence-electron chi connectivity index (χ3n) is 5.18. The average Bonchev–Trinajstić information content (AvgIpc) is 3.02. The highest BCUT2D eigenvalue weighted by molar-refractivity contribution is 5.78. The van der Waals surface area contributed by atoms with Crippen LogP contribution in [-0.4, -0.2) is 53.4 Å². The van der Waals surface area contributed by atoms with Crippen molar-refractivity contribution < 1.29 is 9.21 Å². The minimum absolute atomic E-state index is 0.117. The lowest BCUT2D eigenvalue weighted by Crippen LogP contribution is -2.46. The molecule has 0 spiro atoms. The number of carbonyl (C=O) groups is 1. The van der Waals surface area contributed by atoms with Crippen LogP contribution in [0.25, 0.3) is 11.5 Å². The van der Waals surface area contributed by atoms with Crippen LogP contribution in [0.2, 0.25) is 0 Å². The molecule has 134 valence electrons. The normalized spacial score (nSPS) is 16.1. The summed E-state index contributed by atoms with van der Waals surface area (Å²) >= 11 is 0. The Morgan fingerprint density at radius 3 is 2.60 bits per heavy atom. The molecule has 0 aliphatic carbocycles. The molecule has 1 aromatic carbocycles. The molecule has 1 amide bonds. The van der Waals surface area contributed by atoms with Crippen LogP contribution in [0.15, 0.2) is 34.7 Å². The van der Waals surface area contributed by atoms with Crippen molar-refractivity contribution in [2.75, 3.05) is 26.7 Å². The van der Waals surface area contributed by atoms with Gasteiger partial charge in [0.2, 0.25) is 11.8 Å². The Kier molecular flexibility index (Phi) is 5.53. The molecule has 1 aliphatic heterocycles. The van der Waals surface area contributed by atoms with Gasteiger partial charge < -0.3 is 14.2 Å². The molecule has 1 fully saturated rings. The molecule has 5 heteroatoms. The standard InChI is InChI=1S/C20H27N3O2/c1-4-23-12-10-17(11-13-23)22(3)19(24)14-18-15(2)25-20(21-18)16-8-6-5-7-9-16/h5-9,17H,4,10-14H2,1-3H3. The number of oxazole rings is 1.